The lowest BCUT2D eigenvalue weighted by atomic mass is 9.98. The van der Waals surface area contributed by atoms with Crippen molar-refractivity contribution in [2.75, 3.05) is 13.2 Å². The summed E-state index contributed by atoms with van der Waals surface area (Å²) < 4.78 is 5.69. The number of ether oxygens (including phenoxy) is 1. The molecule has 1 N–H and O–H groups in total. The molecule has 4 heteroatoms. The van der Waals surface area contributed by atoms with Crippen molar-refractivity contribution in [3.63, 3.8) is 0 Å². The standard InChI is InChI=1S/C21H24N2O2/c1-15(23-12-10-16-6-2-3-7-17(16)14-23)21(24)22-19-11-13-25-20-9-5-4-8-18(19)20/h2-9,15,19H,10-14H2,1H3,(H,22,24)/t15-,19+/m1/s1. The number of carbonyl (C=O) groups excluding carboxylic acids is 1. The molecular weight excluding hydrogens is 312 g/mol. The number of para-hydroxylation sites is 1. The van der Waals surface area contributed by atoms with E-state index < -0.39 is 0 Å². The quantitative estimate of drug-likeness (QED) is 0.936. The maximum Gasteiger partial charge on any atom is 0.237 e. The van der Waals surface area contributed by atoms with Crippen molar-refractivity contribution in [3.05, 3.63) is 65.2 Å². The van der Waals surface area contributed by atoms with Gasteiger partial charge in [-0.15, -0.1) is 0 Å². The zero-order valence-corrected chi connectivity index (χ0v) is 14.6. The second-order valence-electron chi connectivity index (χ2n) is 6.90. The van der Waals surface area contributed by atoms with Gasteiger partial charge in [-0.3, -0.25) is 9.69 Å². The molecule has 0 aliphatic carbocycles. The largest absolute Gasteiger partial charge is 0.493 e. The Morgan fingerprint density at radius 3 is 2.80 bits per heavy atom. The van der Waals surface area contributed by atoms with Gasteiger partial charge in [0.2, 0.25) is 5.91 Å². The Bertz CT molecular complexity index is 774. The molecule has 0 saturated carbocycles. The fourth-order valence-electron chi connectivity index (χ4n) is 3.80. The molecule has 0 spiro atoms. The second-order valence-corrected chi connectivity index (χ2v) is 6.90. The summed E-state index contributed by atoms with van der Waals surface area (Å²) in [5, 5.41) is 3.24. The molecule has 0 aromatic heterocycles. The summed E-state index contributed by atoms with van der Waals surface area (Å²) in [5.41, 5.74) is 3.83. The number of carbonyl (C=O) groups is 1. The summed E-state index contributed by atoms with van der Waals surface area (Å²) in [7, 11) is 0. The van der Waals surface area contributed by atoms with Crippen LogP contribution in [-0.4, -0.2) is 30.0 Å². The van der Waals surface area contributed by atoms with E-state index in [4.69, 9.17) is 4.74 Å². The van der Waals surface area contributed by atoms with E-state index in [0.29, 0.717) is 6.61 Å². The zero-order valence-electron chi connectivity index (χ0n) is 14.6. The van der Waals surface area contributed by atoms with Crippen molar-refractivity contribution in [3.8, 4) is 5.75 Å². The predicted molar refractivity (Wildman–Crippen MR) is 97.5 cm³/mol. The minimum Gasteiger partial charge on any atom is -0.493 e. The smallest absolute Gasteiger partial charge is 0.237 e. The van der Waals surface area contributed by atoms with Crippen LogP contribution in [0.5, 0.6) is 5.75 Å². The highest BCUT2D eigenvalue weighted by molar-refractivity contribution is 5.82. The van der Waals surface area contributed by atoms with Gasteiger partial charge in [-0.2, -0.15) is 0 Å². The zero-order chi connectivity index (χ0) is 17.2. The Morgan fingerprint density at radius 1 is 1.16 bits per heavy atom. The van der Waals surface area contributed by atoms with Gasteiger partial charge in [-0.1, -0.05) is 42.5 Å². The Kier molecular flexibility index (Phi) is 4.45. The topological polar surface area (TPSA) is 41.6 Å². The summed E-state index contributed by atoms with van der Waals surface area (Å²) in [6.45, 7) is 4.42. The van der Waals surface area contributed by atoms with E-state index >= 15 is 0 Å². The molecule has 1 amide bonds. The average molecular weight is 336 g/mol. The van der Waals surface area contributed by atoms with Crippen LogP contribution in [0.25, 0.3) is 0 Å². The molecule has 4 nitrogen and oxygen atoms in total. The van der Waals surface area contributed by atoms with E-state index in [9.17, 15) is 4.79 Å². The van der Waals surface area contributed by atoms with Gasteiger partial charge in [-0.05, 0) is 30.5 Å². The van der Waals surface area contributed by atoms with Gasteiger partial charge in [0.15, 0.2) is 0 Å². The third kappa shape index (κ3) is 3.27. The number of fused-ring (bicyclic) bond motifs is 2. The van der Waals surface area contributed by atoms with Crippen LogP contribution >= 0.6 is 0 Å². The van der Waals surface area contributed by atoms with Crippen LogP contribution in [0, 0.1) is 0 Å². The first-order valence-corrected chi connectivity index (χ1v) is 9.05. The summed E-state index contributed by atoms with van der Waals surface area (Å²) >= 11 is 0. The fraction of sp³-hybridized carbons (Fsp3) is 0.381. The number of nitrogens with one attached hydrogen (secondary N) is 1. The molecule has 2 aromatic rings. The molecule has 130 valence electrons. The van der Waals surface area contributed by atoms with Crippen molar-refractivity contribution in [2.24, 2.45) is 0 Å². The number of nitrogens with zero attached hydrogens (tertiary/aromatic N) is 1. The number of hydrogen-bond acceptors (Lipinski definition) is 3. The first kappa shape index (κ1) is 16.2. The molecule has 4 rings (SSSR count). The first-order chi connectivity index (χ1) is 12.2. The van der Waals surface area contributed by atoms with E-state index in [-0.39, 0.29) is 18.0 Å². The number of amides is 1. The Balaban J connectivity index is 1.44. The molecule has 0 saturated heterocycles. The van der Waals surface area contributed by atoms with Gasteiger partial charge in [0, 0.05) is 25.1 Å². The van der Waals surface area contributed by atoms with Crippen LogP contribution in [0.1, 0.15) is 36.1 Å². The lowest BCUT2D eigenvalue weighted by molar-refractivity contribution is -0.127. The monoisotopic (exact) mass is 336 g/mol. The lowest BCUT2D eigenvalue weighted by Crippen LogP contribution is -2.48. The van der Waals surface area contributed by atoms with Crippen LogP contribution in [0.3, 0.4) is 0 Å². The van der Waals surface area contributed by atoms with E-state index in [1.54, 1.807) is 0 Å². The molecule has 0 radical (unpaired) electrons. The third-order valence-electron chi connectivity index (χ3n) is 5.36. The van der Waals surface area contributed by atoms with Gasteiger partial charge < -0.3 is 10.1 Å². The Labute approximate surface area is 148 Å². The highest BCUT2D eigenvalue weighted by Gasteiger charge is 2.28. The summed E-state index contributed by atoms with van der Waals surface area (Å²) in [6, 6.07) is 16.4. The highest BCUT2D eigenvalue weighted by Crippen LogP contribution is 2.31. The van der Waals surface area contributed by atoms with Crippen molar-refractivity contribution in [1.82, 2.24) is 10.2 Å². The van der Waals surface area contributed by atoms with Crippen LogP contribution in [-0.2, 0) is 17.8 Å². The number of benzene rings is 2. The first-order valence-electron chi connectivity index (χ1n) is 9.05. The molecule has 0 bridgehead atoms. The summed E-state index contributed by atoms with van der Waals surface area (Å²) in [6.07, 6.45) is 1.83. The second kappa shape index (κ2) is 6.89. The number of hydrogen-bond donors (Lipinski definition) is 1. The predicted octanol–water partition coefficient (Wildman–Crippen LogP) is 3.07. The van der Waals surface area contributed by atoms with Crippen LogP contribution in [0.2, 0.25) is 0 Å². The SMILES string of the molecule is C[C@H](C(=O)N[C@H]1CCOc2ccccc21)N1CCc2ccccc2C1. The molecule has 0 fully saturated rings. The van der Waals surface area contributed by atoms with E-state index in [0.717, 1.165) is 37.2 Å². The third-order valence-corrected chi connectivity index (χ3v) is 5.36. The molecule has 2 atom stereocenters. The lowest BCUT2D eigenvalue weighted by Gasteiger charge is -2.34. The highest BCUT2D eigenvalue weighted by atomic mass is 16.5. The average Bonchev–Trinajstić information content (AvgIpc) is 2.67. The van der Waals surface area contributed by atoms with Crippen molar-refractivity contribution >= 4 is 5.91 Å². The molecule has 2 heterocycles. The Hall–Kier alpha value is -2.33. The maximum atomic E-state index is 12.8. The molecule has 2 aliphatic heterocycles. The van der Waals surface area contributed by atoms with E-state index in [1.807, 2.05) is 31.2 Å². The number of rotatable bonds is 3. The molecule has 2 aliphatic rings. The van der Waals surface area contributed by atoms with Crippen molar-refractivity contribution in [1.29, 1.82) is 0 Å². The van der Waals surface area contributed by atoms with E-state index in [1.165, 1.54) is 11.1 Å². The summed E-state index contributed by atoms with van der Waals surface area (Å²) in [4.78, 5) is 15.1. The molecule has 25 heavy (non-hydrogen) atoms. The van der Waals surface area contributed by atoms with Gasteiger partial charge in [-0.25, -0.2) is 0 Å². The van der Waals surface area contributed by atoms with Gasteiger partial charge in [0.25, 0.3) is 0 Å². The minimum absolute atomic E-state index is 0.0389. The fourth-order valence-corrected chi connectivity index (χ4v) is 3.80. The van der Waals surface area contributed by atoms with Crippen LogP contribution in [0.4, 0.5) is 0 Å². The van der Waals surface area contributed by atoms with Crippen LogP contribution < -0.4 is 10.1 Å². The minimum atomic E-state index is -0.136. The van der Waals surface area contributed by atoms with E-state index in [2.05, 4.69) is 34.5 Å². The van der Waals surface area contributed by atoms with Gasteiger partial charge in [0.05, 0.1) is 18.7 Å². The van der Waals surface area contributed by atoms with Crippen molar-refractivity contribution in [2.45, 2.75) is 38.4 Å². The van der Waals surface area contributed by atoms with Crippen molar-refractivity contribution < 1.29 is 9.53 Å². The summed E-state index contributed by atoms with van der Waals surface area (Å²) in [5.74, 6) is 0.986. The van der Waals surface area contributed by atoms with Gasteiger partial charge in [0.1, 0.15) is 5.75 Å². The normalized spacial score (nSPS) is 20.8. The Morgan fingerprint density at radius 2 is 1.92 bits per heavy atom. The maximum absolute atomic E-state index is 12.8. The molecule has 0 unspecified atom stereocenters. The molecular formula is C21H24N2O2. The van der Waals surface area contributed by atoms with Gasteiger partial charge >= 0.3 is 0 Å². The molecule has 2 aromatic carbocycles. The van der Waals surface area contributed by atoms with Crippen LogP contribution in [0.15, 0.2) is 48.5 Å².